The second-order valence-corrected chi connectivity index (χ2v) is 7.84. The van der Waals surface area contributed by atoms with Gasteiger partial charge in [-0.05, 0) is 58.6 Å². The summed E-state index contributed by atoms with van der Waals surface area (Å²) in [6.45, 7) is 12.4. The van der Waals surface area contributed by atoms with E-state index in [4.69, 9.17) is 4.74 Å². The molecule has 0 aromatic heterocycles. The summed E-state index contributed by atoms with van der Waals surface area (Å²) in [6.07, 6.45) is 4.31. The number of carbonyl (C=O) groups is 2. The van der Waals surface area contributed by atoms with Crippen LogP contribution >= 0.6 is 0 Å². The number of benzene rings is 1. The molecule has 144 valence electrons. The van der Waals surface area contributed by atoms with Gasteiger partial charge in [0.2, 0.25) is 0 Å². The summed E-state index contributed by atoms with van der Waals surface area (Å²) in [7, 11) is 0. The van der Waals surface area contributed by atoms with E-state index >= 15 is 0 Å². The number of hydrogen-bond acceptors (Lipinski definition) is 4. The standard InChI is InChI=1S/C21H32N2O3/c1-6-12-22(13-7-2)18-11-10-16(15-24)19-17(18)9-8-14-23(19)20(25)26-21(3,4)5/h10-11,15H,6-9,12-14H2,1-5H3. The highest BCUT2D eigenvalue weighted by Gasteiger charge is 2.31. The third-order valence-electron chi connectivity index (χ3n) is 4.44. The lowest BCUT2D eigenvalue weighted by molar-refractivity contribution is 0.0578. The van der Waals surface area contributed by atoms with Crippen LogP contribution in [0.3, 0.4) is 0 Å². The van der Waals surface area contributed by atoms with Gasteiger partial charge in [-0.25, -0.2) is 4.79 Å². The number of fused-ring (bicyclic) bond motifs is 1. The molecule has 5 nitrogen and oxygen atoms in total. The van der Waals surface area contributed by atoms with Crippen molar-refractivity contribution in [2.24, 2.45) is 0 Å². The van der Waals surface area contributed by atoms with Gasteiger partial charge in [-0.1, -0.05) is 13.8 Å². The maximum absolute atomic E-state index is 12.8. The molecule has 0 radical (unpaired) electrons. The van der Waals surface area contributed by atoms with Crippen LogP contribution < -0.4 is 9.80 Å². The second kappa shape index (κ2) is 8.56. The maximum Gasteiger partial charge on any atom is 0.414 e. The van der Waals surface area contributed by atoms with Crippen LogP contribution in [0.4, 0.5) is 16.2 Å². The molecule has 0 saturated carbocycles. The molecule has 1 aliphatic rings. The average Bonchev–Trinajstić information content (AvgIpc) is 2.58. The zero-order valence-electron chi connectivity index (χ0n) is 16.8. The van der Waals surface area contributed by atoms with Crippen LogP contribution in [0.5, 0.6) is 0 Å². The van der Waals surface area contributed by atoms with Crippen molar-refractivity contribution in [1.29, 1.82) is 0 Å². The predicted octanol–water partition coefficient (Wildman–Crippen LogP) is 4.81. The second-order valence-electron chi connectivity index (χ2n) is 7.84. The Labute approximate surface area is 157 Å². The molecule has 0 atom stereocenters. The number of nitrogens with zero attached hydrogens (tertiary/aromatic N) is 2. The van der Waals surface area contributed by atoms with E-state index in [1.54, 1.807) is 4.90 Å². The van der Waals surface area contributed by atoms with Crippen molar-refractivity contribution in [3.63, 3.8) is 0 Å². The molecule has 0 spiro atoms. The van der Waals surface area contributed by atoms with Crippen LogP contribution in [0.2, 0.25) is 0 Å². The fourth-order valence-electron chi connectivity index (χ4n) is 3.52. The molecule has 1 aromatic rings. The quantitative estimate of drug-likeness (QED) is 0.683. The minimum atomic E-state index is -0.565. The SMILES string of the molecule is CCCN(CCC)c1ccc(C=O)c2c1CCCN2C(=O)OC(C)(C)C. The molecule has 26 heavy (non-hydrogen) atoms. The van der Waals surface area contributed by atoms with Crippen LogP contribution in [0.1, 0.15) is 69.8 Å². The van der Waals surface area contributed by atoms with Gasteiger partial charge in [0.25, 0.3) is 0 Å². The van der Waals surface area contributed by atoms with Crippen molar-refractivity contribution in [3.05, 3.63) is 23.3 Å². The van der Waals surface area contributed by atoms with E-state index in [2.05, 4.69) is 18.7 Å². The number of hydrogen-bond donors (Lipinski definition) is 0. The minimum absolute atomic E-state index is 0.378. The van der Waals surface area contributed by atoms with E-state index in [0.717, 1.165) is 62.0 Å². The number of ether oxygens (including phenoxy) is 1. The third kappa shape index (κ3) is 4.57. The highest BCUT2D eigenvalue weighted by molar-refractivity contribution is 5.98. The Balaban J connectivity index is 2.51. The summed E-state index contributed by atoms with van der Waals surface area (Å²) in [5.74, 6) is 0. The van der Waals surface area contributed by atoms with E-state index in [-0.39, 0.29) is 6.09 Å². The van der Waals surface area contributed by atoms with Crippen LogP contribution in [0, 0.1) is 0 Å². The lowest BCUT2D eigenvalue weighted by atomic mass is 9.95. The Hall–Kier alpha value is -2.04. The molecule has 1 amide bonds. The average molecular weight is 360 g/mol. The van der Waals surface area contributed by atoms with Crippen LogP contribution in [-0.4, -0.2) is 37.6 Å². The van der Waals surface area contributed by atoms with Gasteiger partial charge in [0.05, 0.1) is 5.69 Å². The summed E-state index contributed by atoms with van der Waals surface area (Å²) < 4.78 is 5.59. The number of rotatable bonds is 6. The Kier molecular flexibility index (Phi) is 6.68. The van der Waals surface area contributed by atoms with Gasteiger partial charge in [-0.3, -0.25) is 9.69 Å². The van der Waals surface area contributed by atoms with Crippen molar-refractivity contribution in [3.8, 4) is 0 Å². The molecular formula is C21H32N2O3. The normalized spacial score (nSPS) is 14.0. The highest BCUT2D eigenvalue weighted by Crippen LogP contribution is 2.38. The van der Waals surface area contributed by atoms with Gasteiger partial charge < -0.3 is 9.64 Å². The molecule has 0 fully saturated rings. The van der Waals surface area contributed by atoms with Crippen molar-refractivity contribution in [1.82, 2.24) is 0 Å². The maximum atomic E-state index is 12.8. The van der Waals surface area contributed by atoms with Gasteiger partial charge in [0.1, 0.15) is 5.60 Å². The van der Waals surface area contributed by atoms with Gasteiger partial charge in [-0.15, -0.1) is 0 Å². The topological polar surface area (TPSA) is 49.9 Å². The lowest BCUT2D eigenvalue weighted by Gasteiger charge is -2.36. The van der Waals surface area contributed by atoms with Gasteiger partial charge in [-0.2, -0.15) is 0 Å². The largest absolute Gasteiger partial charge is 0.443 e. The minimum Gasteiger partial charge on any atom is -0.443 e. The van der Waals surface area contributed by atoms with Gasteiger partial charge >= 0.3 is 6.09 Å². The first-order valence-corrected chi connectivity index (χ1v) is 9.68. The van der Waals surface area contributed by atoms with Crippen molar-refractivity contribution in [2.45, 2.75) is 65.9 Å². The van der Waals surface area contributed by atoms with Gasteiger partial charge in [0, 0.05) is 36.4 Å². The third-order valence-corrected chi connectivity index (χ3v) is 4.44. The van der Waals surface area contributed by atoms with Crippen molar-refractivity contribution < 1.29 is 14.3 Å². The van der Waals surface area contributed by atoms with Crippen LogP contribution in [0.25, 0.3) is 0 Å². The first-order chi connectivity index (χ1) is 12.3. The molecule has 0 N–H and O–H groups in total. The van der Waals surface area contributed by atoms with Crippen LogP contribution in [0.15, 0.2) is 12.1 Å². The highest BCUT2D eigenvalue weighted by atomic mass is 16.6. The Morgan fingerprint density at radius 1 is 1.23 bits per heavy atom. The first-order valence-electron chi connectivity index (χ1n) is 9.68. The molecule has 0 bridgehead atoms. The Morgan fingerprint density at radius 2 is 1.88 bits per heavy atom. The molecule has 1 heterocycles. The number of amides is 1. The summed E-state index contributed by atoms with van der Waals surface area (Å²) in [5, 5.41) is 0. The van der Waals surface area contributed by atoms with E-state index in [1.165, 1.54) is 0 Å². The van der Waals surface area contributed by atoms with E-state index in [0.29, 0.717) is 12.1 Å². The van der Waals surface area contributed by atoms with Crippen molar-refractivity contribution >= 4 is 23.8 Å². The molecule has 2 rings (SSSR count). The van der Waals surface area contributed by atoms with Crippen LogP contribution in [-0.2, 0) is 11.2 Å². The monoisotopic (exact) mass is 360 g/mol. The summed E-state index contributed by atoms with van der Waals surface area (Å²) in [6, 6.07) is 3.87. The van der Waals surface area contributed by atoms with Gasteiger partial charge in [0.15, 0.2) is 6.29 Å². The lowest BCUT2D eigenvalue weighted by Crippen LogP contribution is -2.41. The molecule has 1 aliphatic heterocycles. The molecular weight excluding hydrogens is 328 g/mol. The summed E-state index contributed by atoms with van der Waals surface area (Å²) in [4.78, 5) is 28.4. The Morgan fingerprint density at radius 3 is 2.42 bits per heavy atom. The number of anilines is 2. The van der Waals surface area contributed by atoms with E-state index in [1.807, 2.05) is 32.9 Å². The molecule has 0 aliphatic carbocycles. The molecule has 0 saturated heterocycles. The number of carbonyl (C=O) groups excluding carboxylic acids is 2. The molecule has 5 heteroatoms. The molecule has 0 unspecified atom stereocenters. The first kappa shape index (κ1) is 20.3. The Bertz CT molecular complexity index is 643. The zero-order chi connectivity index (χ0) is 19.3. The van der Waals surface area contributed by atoms with Crippen molar-refractivity contribution in [2.75, 3.05) is 29.4 Å². The molecule has 1 aromatic carbocycles. The summed E-state index contributed by atoms with van der Waals surface area (Å²) >= 11 is 0. The number of aldehydes is 1. The predicted molar refractivity (Wildman–Crippen MR) is 107 cm³/mol. The van der Waals surface area contributed by atoms with E-state index < -0.39 is 5.60 Å². The zero-order valence-corrected chi connectivity index (χ0v) is 16.8. The van der Waals surface area contributed by atoms with E-state index in [9.17, 15) is 9.59 Å². The smallest absolute Gasteiger partial charge is 0.414 e. The fraction of sp³-hybridized carbons (Fsp3) is 0.619. The fourth-order valence-corrected chi connectivity index (χ4v) is 3.52. The summed E-state index contributed by atoms with van der Waals surface area (Å²) in [5.41, 5.74) is 2.96.